The zero-order valence-electron chi connectivity index (χ0n) is 17.4. The zero-order chi connectivity index (χ0) is 21.7. The predicted molar refractivity (Wildman–Crippen MR) is 115 cm³/mol. The lowest BCUT2D eigenvalue weighted by atomic mass is 10.1. The Balaban J connectivity index is 2.07. The van der Waals surface area contributed by atoms with E-state index in [1.807, 2.05) is 60.8 Å². The Labute approximate surface area is 180 Å². The summed E-state index contributed by atoms with van der Waals surface area (Å²) in [6, 6.07) is 15.5. The summed E-state index contributed by atoms with van der Waals surface area (Å²) in [6.07, 6.45) is 0. The number of carbonyl (C=O) groups is 1. The van der Waals surface area contributed by atoms with Gasteiger partial charge >= 0.3 is 5.97 Å². The van der Waals surface area contributed by atoms with Gasteiger partial charge in [-0.15, -0.1) is 10.2 Å². The number of carbonyl (C=O) groups excluding carboxylic acids is 1. The van der Waals surface area contributed by atoms with Crippen LogP contribution in [0.2, 0.25) is 0 Å². The van der Waals surface area contributed by atoms with E-state index in [4.69, 9.17) is 4.74 Å². The maximum absolute atomic E-state index is 13.5. The van der Waals surface area contributed by atoms with Gasteiger partial charge in [0.05, 0.1) is 12.6 Å². The lowest BCUT2D eigenvalue weighted by Gasteiger charge is -2.21. The van der Waals surface area contributed by atoms with Crippen molar-refractivity contribution in [3.8, 4) is 5.69 Å². The molecule has 1 aromatic heterocycles. The third-order valence-electron chi connectivity index (χ3n) is 4.72. The van der Waals surface area contributed by atoms with Gasteiger partial charge in [-0.25, -0.2) is 4.39 Å². The number of hydrogen-bond acceptors (Lipinski definition) is 6. The molecular formula is C22H25FN4O2S. The van der Waals surface area contributed by atoms with E-state index in [0.29, 0.717) is 11.0 Å². The second-order valence-corrected chi connectivity index (χ2v) is 8.03. The molecular weight excluding hydrogens is 403 g/mol. The summed E-state index contributed by atoms with van der Waals surface area (Å²) in [5.41, 5.74) is 1.54. The zero-order valence-corrected chi connectivity index (χ0v) is 18.3. The van der Waals surface area contributed by atoms with Crippen molar-refractivity contribution >= 4 is 17.7 Å². The molecule has 30 heavy (non-hydrogen) atoms. The van der Waals surface area contributed by atoms with Crippen molar-refractivity contribution in [3.63, 3.8) is 0 Å². The summed E-state index contributed by atoms with van der Waals surface area (Å²) in [7, 11) is 3.90. The highest BCUT2D eigenvalue weighted by molar-refractivity contribution is 8.00. The first-order valence-electron chi connectivity index (χ1n) is 9.68. The molecule has 8 heteroatoms. The van der Waals surface area contributed by atoms with Gasteiger partial charge in [0, 0.05) is 5.69 Å². The normalized spacial score (nSPS) is 13.3. The first-order valence-corrected chi connectivity index (χ1v) is 10.6. The standard InChI is InChI=1S/C22H25FN4O2S/c1-5-29-21(28)19(16-9-7-6-8-10-16)30-22-25-24-20(15(2)26(3)4)27(22)18-13-11-17(23)12-14-18/h6-15,19H,5H2,1-4H3/t15-,19-/m0/s1. The van der Waals surface area contributed by atoms with Gasteiger partial charge in [0.15, 0.2) is 11.0 Å². The van der Waals surface area contributed by atoms with Gasteiger partial charge in [0.25, 0.3) is 0 Å². The number of nitrogens with zero attached hydrogens (tertiary/aromatic N) is 4. The van der Waals surface area contributed by atoms with Crippen molar-refractivity contribution in [2.75, 3.05) is 20.7 Å². The van der Waals surface area contributed by atoms with Crippen LogP contribution in [0.25, 0.3) is 5.69 Å². The minimum atomic E-state index is -0.600. The number of rotatable bonds is 8. The quantitative estimate of drug-likeness (QED) is 0.391. The molecule has 1 heterocycles. The minimum Gasteiger partial charge on any atom is -0.465 e. The van der Waals surface area contributed by atoms with Crippen molar-refractivity contribution in [2.45, 2.75) is 30.3 Å². The first kappa shape index (κ1) is 22.0. The van der Waals surface area contributed by atoms with Gasteiger partial charge in [0.2, 0.25) is 0 Å². The molecule has 0 N–H and O–H groups in total. The SMILES string of the molecule is CCOC(=O)[C@@H](Sc1nnc([C@H](C)N(C)C)n1-c1ccc(F)cc1)c1ccccc1. The third-order valence-corrected chi connectivity index (χ3v) is 5.89. The molecule has 0 amide bonds. The lowest BCUT2D eigenvalue weighted by Crippen LogP contribution is -2.21. The van der Waals surface area contributed by atoms with E-state index in [-0.39, 0.29) is 24.4 Å². The maximum atomic E-state index is 13.5. The number of aromatic nitrogens is 3. The summed E-state index contributed by atoms with van der Waals surface area (Å²) in [5, 5.41) is 8.70. The van der Waals surface area contributed by atoms with E-state index >= 15 is 0 Å². The molecule has 0 saturated heterocycles. The van der Waals surface area contributed by atoms with Crippen LogP contribution < -0.4 is 0 Å². The number of benzene rings is 2. The number of halogens is 1. The number of hydrogen-bond donors (Lipinski definition) is 0. The molecule has 3 aromatic rings. The highest BCUT2D eigenvalue weighted by Crippen LogP contribution is 2.37. The molecule has 6 nitrogen and oxygen atoms in total. The first-order chi connectivity index (χ1) is 14.4. The Hall–Kier alpha value is -2.71. The average molecular weight is 429 g/mol. The molecule has 0 unspecified atom stereocenters. The van der Waals surface area contributed by atoms with Gasteiger partial charge in [-0.2, -0.15) is 0 Å². The van der Waals surface area contributed by atoms with E-state index in [2.05, 4.69) is 10.2 Å². The van der Waals surface area contributed by atoms with Crippen LogP contribution in [0.3, 0.4) is 0 Å². The summed E-state index contributed by atoms with van der Waals surface area (Å²) in [5.74, 6) is 0.0336. The van der Waals surface area contributed by atoms with E-state index in [1.165, 1.54) is 23.9 Å². The molecule has 0 radical (unpaired) electrons. The molecule has 0 aliphatic carbocycles. The van der Waals surface area contributed by atoms with Crippen molar-refractivity contribution in [1.82, 2.24) is 19.7 Å². The molecule has 0 fully saturated rings. The molecule has 0 bridgehead atoms. The number of esters is 1. The number of ether oxygens (including phenoxy) is 1. The Kier molecular flexibility index (Phi) is 7.23. The van der Waals surface area contributed by atoms with Crippen molar-refractivity contribution in [3.05, 3.63) is 71.8 Å². The van der Waals surface area contributed by atoms with Crippen molar-refractivity contribution < 1.29 is 13.9 Å². The van der Waals surface area contributed by atoms with Crippen LogP contribution in [0, 0.1) is 5.82 Å². The average Bonchev–Trinajstić information content (AvgIpc) is 3.16. The van der Waals surface area contributed by atoms with Crippen LogP contribution in [0.15, 0.2) is 59.8 Å². The van der Waals surface area contributed by atoms with Gasteiger partial charge in [0.1, 0.15) is 11.1 Å². The molecule has 158 valence electrons. The molecule has 0 saturated carbocycles. The molecule has 3 rings (SSSR count). The fourth-order valence-electron chi connectivity index (χ4n) is 2.90. The summed E-state index contributed by atoms with van der Waals surface area (Å²) >= 11 is 1.27. The van der Waals surface area contributed by atoms with Gasteiger partial charge < -0.3 is 4.74 Å². The minimum absolute atomic E-state index is 0.0466. The van der Waals surface area contributed by atoms with E-state index in [1.54, 1.807) is 19.1 Å². The molecule has 2 atom stereocenters. The van der Waals surface area contributed by atoms with Gasteiger partial charge in [-0.1, -0.05) is 42.1 Å². The Morgan fingerprint density at radius 3 is 2.40 bits per heavy atom. The Morgan fingerprint density at radius 2 is 1.80 bits per heavy atom. The Bertz CT molecular complexity index is 977. The summed E-state index contributed by atoms with van der Waals surface area (Å²) < 4.78 is 20.7. The van der Waals surface area contributed by atoms with Crippen molar-refractivity contribution in [2.24, 2.45) is 0 Å². The largest absolute Gasteiger partial charge is 0.465 e. The molecule has 0 aliphatic rings. The van der Waals surface area contributed by atoms with Crippen molar-refractivity contribution in [1.29, 1.82) is 0 Å². The van der Waals surface area contributed by atoms with Crippen LogP contribution in [-0.4, -0.2) is 46.3 Å². The molecule has 0 aliphatic heterocycles. The Morgan fingerprint density at radius 1 is 1.13 bits per heavy atom. The highest BCUT2D eigenvalue weighted by Gasteiger charge is 2.28. The smallest absolute Gasteiger partial charge is 0.324 e. The fraction of sp³-hybridized carbons (Fsp3) is 0.318. The molecule has 2 aromatic carbocycles. The third kappa shape index (κ3) is 4.88. The fourth-order valence-corrected chi connectivity index (χ4v) is 3.96. The van der Waals surface area contributed by atoms with Gasteiger partial charge in [-0.05, 0) is 57.8 Å². The van der Waals surface area contributed by atoms with Gasteiger partial charge in [-0.3, -0.25) is 14.3 Å². The molecule has 0 spiro atoms. The topological polar surface area (TPSA) is 60.2 Å². The van der Waals surface area contributed by atoms with Crippen LogP contribution in [-0.2, 0) is 9.53 Å². The van der Waals surface area contributed by atoms with E-state index in [0.717, 1.165) is 11.3 Å². The summed E-state index contributed by atoms with van der Waals surface area (Å²) in [4.78, 5) is 14.7. The monoisotopic (exact) mass is 428 g/mol. The second-order valence-electron chi connectivity index (χ2n) is 6.95. The van der Waals surface area contributed by atoms with Crippen LogP contribution in [0.4, 0.5) is 4.39 Å². The highest BCUT2D eigenvalue weighted by atomic mass is 32.2. The van der Waals surface area contributed by atoms with E-state index < -0.39 is 5.25 Å². The van der Waals surface area contributed by atoms with E-state index in [9.17, 15) is 9.18 Å². The van der Waals surface area contributed by atoms with Crippen LogP contribution in [0.5, 0.6) is 0 Å². The second kappa shape index (κ2) is 9.86. The summed E-state index contributed by atoms with van der Waals surface area (Å²) in [6.45, 7) is 4.08. The number of thioether (sulfide) groups is 1. The maximum Gasteiger partial charge on any atom is 0.324 e. The predicted octanol–water partition coefficient (Wildman–Crippen LogP) is 4.43. The lowest BCUT2D eigenvalue weighted by molar-refractivity contribution is -0.142. The van der Waals surface area contributed by atoms with Crippen LogP contribution >= 0.6 is 11.8 Å². The van der Waals surface area contributed by atoms with Crippen LogP contribution in [0.1, 0.15) is 36.5 Å².